The summed E-state index contributed by atoms with van der Waals surface area (Å²) in [6.07, 6.45) is 1.62. The molecule has 2 fully saturated rings. The number of hydrogen-bond donors (Lipinski definition) is 1. The summed E-state index contributed by atoms with van der Waals surface area (Å²) in [5.41, 5.74) is -0.658. The highest BCUT2D eigenvalue weighted by molar-refractivity contribution is 5.93. The minimum atomic E-state index is -1.19. The number of carbonyl (C=O) groups is 2. The maximum Gasteiger partial charge on any atom is 0.326 e. The normalized spacial score (nSPS) is 28.9. The third-order valence-electron chi connectivity index (χ3n) is 6.27. The van der Waals surface area contributed by atoms with Crippen molar-refractivity contribution in [3.05, 3.63) is 35.1 Å². The molecule has 1 N–H and O–H groups in total. The monoisotopic (exact) mass is 358 g/mol. The fraction of sp³-hybridized carbons (Fsp3) is 0.526. The van der Waals surface area contributed by atoms with Crippen LogP contribution in [0.3, 0.4) is 0 Å². The average molecular weight is 358 g/mol. The number of ether oxygens (including phenoxy) is 1. The van der Waals surface area contributed by atoms with Crippen LogP contribution < -0.4 is 0 Å². The molecule has 1 saturated carbocycles. The van der Waals surface area contributed by atoms with E-state index in [4.69, 9.17) is 4.74 Å². The number of carboxylic acid groups (broad SMARTS) is 1. The molecule has 1 saturated heterocycles. The molecule has 0 radical (unpaired) electrons. The van der Waals surface area contributed by atoms with Gasteiger partial charge in [-0.05, 0) is 36.5 Å². The lowest BCUT2D eigenvalue weighted by molar-refractivity contribution is -0.154. The maximum absolute atomic E-state index is 14.1. The van der Waals surface area contributed by atoms with Crippen molar-refractivity contribution in [1.29, 1.82) is 5.26 Å². The van der Waals surface area contributed by atoms with Crippen molar-refractivity contribution in [3.63, 3.8) is 0 Å². The van der Waals surface area contributed by atoms with Gasteiger partial charge in [0, 0.05) is 31.6 Å². The molecular formula is C19H19FN2O4. The molecule has 0 bridgehead atoms. The summed E-state index contributed by atoms with van der Waals surface area (Å²) >= 11 is 0. The summed E-state index contributed by atoms with van der Waals surface area (Å²) in [6, 6.07) is 5.58. The van der Waals surface area contributed by atoms with Gasteiger partial charge in [-0.2, -0.15) is 5.26 Å². The summed E-state index contributed by atoms with van der Waals surface area (Å²) in [5.74, 6) is -2.07. The van der Waals surface area contributed by atoms with Gasteiger partial charge in [-0.1, -0.05) is 12.1 Å². The summed E-state index contributed by atoms with van der Waals surface area (Å²) < 4.78 is 19.4. The first-order chi connectivity index (χ1) is 12.4. The lowest BCUT2D eigenvalue weighted by atomic mass is 9.84. The number of amides is 1. The van der Waals surface area contributed by atoms with E-state index in [-0.39, 0.29) is 13.0 Å². The third kappa shape index (κ3) is 2.25. The van der Waals surface area contributed by atoms with Crippen molar-refractivity contribution >= 4 is 11.9 Å². The summed E-state index contributed by atoms with van der Waals surface area (Å²) in [4.78, 5) is 26.3. The molecule has 1 aromatic carbocycles. The second-order valence-electron chi connectivity index (χ2n) is 7.46. The SMILES string of the molecule is N#CC1(C(=O)N2Cc3cccc(F)c3CC2C(=O)O)CC12CCOCC2. The Hall–Kier alpha value is -2.46. The number of rotatable bonds is 2. The molecule has 1 aromatic rings. The molecule has 1 spiro atoms. The topological polar surface area (TPSA) is 90.6 Å². The van der Waals surface area contributed by atoms with Gasteiger partial charge in [-0.25, -0.2) is 9.18 Å². The Morgan fingerprint density at radius 1 is 1.35 bits per heavy atom. The molecule has 1 amide bonds. The van der Waals surface area contributed by atoms with Crippen LogP contribution in [0.4, 0.5) is 4.39 Å². The smallest absolute Gasteiger partial charge is 0.326 e. The molecule has 136 valence electrons. The van der Waals surface area contributed by atoms with E-state index in [1.54, 1.807) is 12.1 Å². The van der Waals surface area contributed by atoms with Gasteiger partial charge in [0.1, 0.15) is 17.3 Å². The summed E-state index contributed by atoms with van der Waals surface area (Å²) in [6.45, 7) is 1.03. The van der Waals surface area contributed by atoms with E-state index in [2.05, 4.69) is 6.07 Å². The van der Waals surface area contributed by atoms with E-state index < -0.39 is 34.6 Å². The van der Waals surface area contributed by atoms with E-state index in [1.165, 1.54) is 11.0 Å². The molecule has 4 rings (SSSR count). The first kappa shape index (κ1) is 17.0. The van der Waals surface area contributed by atoms with E-state index in [1.807, 2.05) is 0 Å². The Balaban J connectivity index is 1.68. The largest absolute Gasteiger partial charge is 0.480 e. The number of benzene rings is 1. The van der Waals surface area contributed by atoms with Crippen LogP contribution in [-0.4, -0.2) is 41.1 Å². The predicted molar refractivity (Wildman–Crippen MR) is 87.2 cm³/mol. The van der Waals surface area contributed by atoms with Crippen LogP contribution in [0.1, 0.15) is 30.4 Å². The van der Waals surface area contributed by atoms with Crippen LogP contribution in [0.15, 0.2) is 18.2 Å². The van der Waals surface area contributed by atoms with Crippen LogP contribution in [0.5, 0.6) is 0 Å². The zero-order chi connectivity index (χ0) is 18.5. The van der Waals surface area contributed by atoms with Gasteiger partial charge in [0.05, 0.1) is 6.07 Å². The minimum absolute atomic E-state index is 0.0128. The molecule has 2 heterocycles. The van der Waals surface area contributed by atoms with Crippen molar-refractivity contribution in [3.8, 4) is 6.07 Å². The van der Waals surface area contributed by atoms with Crippen molar-refractivity contribution in [2.75, 3.05) is 13.2 Å². The minimum Gasteiger partial charge on any atom is -0.480 e. The highest BCUT2D eigenvalue weighted by atomic mass is 19.1. The van der Waals surface area contributed by atoms with Gasteiger partial charge in [-0.3, -0.25) is 4.79 Å². The third-order valence-corrected chi connectivity index (χ3v) is 6.27. The molecule has 26 heavy (non-hydrogen) atoms. The number of fused-ring (bicyclic) bond motifs is 1. The van der Waals surface area contributed by atoms with Crippen LogP contribution >= 0.6 is 0 Å². The molecule has 2 aliphatic heterocycles. The van der Waals surface area contributed by atoms with Crippen molar-refractivity contribution in [1.82, 2.24) is 4.90 Å². The number of carboxylic acids is 1. The second-order valence-corrected chi connectivity index (χ2v) is 7.46. The van der Waals surface area contributed by atoms with Crippen molar-refractivity contribution in [2.45, 2.75) is 38.3 Å². The average Bonchev–Trinajstić information content (AvgIpc) is 3.28. The Bertz CT molecular complexity index is 827. The number of hydrogen-bond acceptors (Lipinski definition) is 4. The lowest BCUT2D eigenvalue weighted by Gasteiger charge is -2.37. The number of aliphatic carboxylic acids is 1. The highest BCUT2D eigenvalue weighted by Crippen LogP contribution is 2.69. The Morgan fingerprint density at radius 2 is 2.08 bits per heavy atom. The Kier molecular flexibility index (Phi) is 3.77. The number of carbonyl (C=O) groups excluding carboxylic acids is 1. The quantitative estimate of drug-likeness (QED) is 0.872. The van der Waals surface area contributed by atoms with Gasteiger partial charge in [0.25, 0.3) is 0 Å². The number of nitrogens with zero attached hydrogens (tertiary/aromatic N) is 2. The van der Waals surface area contributed by atoms with Crippen LogP contribution in [-0.2, 0) is 27.3 Å². The lowest BCUT2D eigenvalue weighted by Crippen LogP contribution is -2.52. The summed E-state index contributed by atoms with van der Waals surface area (Å²) in [7, 11) is 0. The number of halogens is 1. The van der Waals surface area contributed by atoms with E-state index >= 15 is 0 Å². The Morgan fingerprint density at radius 3 is 2.73 bits per heavy atom. The van der Waals surface area contributed by atoms with Gasteiger partial charge in [0.2, 0.25) is 5.91 Å². The van der Waals surface area contributed by atoms with Gasteiger partial charge in [-0.15, -0.1) is 0 Å². The maximum atomic E-state index is 14.1. The van der Waals surface area contributed by atoms with Gasteiger partial charge >= 0.3 is 5.97 Å². The Labute approximate surface area is 150 Å². The molecule has 0 aromatic heterocycles. The van der Waals surface area contributed by atoms with E-state index in [9.17, 15) is 24.3 Å². The standard InChI is InChI=1S/C19H19FN2O4/c20-14-3-1-2-12-9-22(15(16(23)24)8-13(12)14)17(25)19(11-21)10-18(19)4-6-26-7-5-18/h1-3,15H,4-10H2,(H,23,24). The molecule has 1 aliphatic carbocycles. The fourth-order valence-corrected chi connectivity index (χ4v) is 4.59. The zero-order valence-corrected chi connectivity index (χ0v) is 14.2. The van der Waals surface area contributed by atoms with E-state index in [0.29, 0.717) is 43.6 Å². The highest BCUT2D eigenvalue weighted by Gasteiger charge is 2.73. The first-order valence-electron chi connectivity index (χ1n) is 8.73. The van der Waals surface area contributed by atoms with E-state index in [0.717, 1.165) is 0 Å². The van der Waals surface area contributed by atoms with Gasteiger partial charge in [0.15, 0.2) is 0 Å². The first-order valence-corrected chi connectivity index (χ1v) is 8.73. The van der Waals surface area contributed by atoms with Crippen LogP contribution in [0.2, 0.25) is 0 Å². The molecule has 2 atom stereocenters. The second kappa shape index (κ2) is 5.78. The van der Waals surface area contributed by atoms with Crippen LogP contribution in [0.25, 0.3) is 0 Å². The summed E-state index contributed by atoms with van der Waals surface area (Å²) in [5, 5.41) is 19.4. The fourth-order valence-electron chi connectivity index (χ4n) is 4.59. The predicted octanol–water partition coefficient (Wildman–Crippen LogP) is 1.87. The molecule has 3 aliphatic rings. The van der Waals surface area contributed by atoms with Crippen molar-refractivity contribution in [2.24, 2.45) is 10.8 Å². The molecule has 2 unspecified atom stereocenters. The van der Waals surface area contributed by atoms with Crippen LogP contribution in [0, 0.1) is 28.0 Å². The number of nitriles is 1. The van der Waals surface area contributed by atoms with Gasteiger partial charge < -0.3 is 14.7 Å². The van der Waals surface area contributed by atoms with Crippen molar-refractivity contribution < 1.29 is 23.8 Å². The molecule has 7 heteroatoms. The molecule has 6 nitrogen and oxygen atoms in total. The zero-order valence-electron chi connectivity index (χ0n) is 14.2. The molecular weight excluding hydrogens is 339 g/mol.